The van der Waals surface area contributed by atoms with Gasteiger partial charge in [0, 0.05) is 17.8 Å². The standard InChI is InChI=1S/C11H17N.C9H17N3/c1-9-5-6-10(8-12-9)7-11(2,3)4;1-6(9(3,4)5)8-10-7(2)11-12-8/h5-6,8,12H,1,7H2,2-4H3;6H,1-5H3,(H,10,11,12). The topological polar surface area (TPSA) is 53.6 Å². The first-order chi connectivity index (χ1) is 10.9. The molecule has 0 saturated carbocycles. The summed E-state index contributed by atoms with van der Waals surface area (Å²) in [7, 11) is 0. The molecule has 0 amide bonds. The largest absolute Gasteiger partial charge is 0.362 e. The van der Waals surface area contributed by atoms with E-state index in [0.717, 1.165) is 23.8 Å². The Morgan fingerprint density at radius 2 is 1.75 bits per heavy atom. The molecule has 0 spiro atoms. The maximum absolute atomic E-state index is 4.31. The Kier molecular flexibility index (Phi) is 6.58. The molecule has 0 bridgehead atoms. The third kappa shape index (κ3) is 7.16. The molecule has 4 nitrogen and oxygen atoms in total. The molecule has 1 aliphatic heterocycles. The van der Waals surface area contributed by atoms with Gasteiger partial charge in [-0.05, 0) is 35.8 Å². The van der Waals surface area contributed by atoms with E-state index in [1.165, 1.54) is 5.57 Å². The number of rotatable bonds is 2. The molecule has 2 N–H and O–H groups in total. The van der Waals surface area contributed by atoms with Gasteiger partial charge in [0.2, 0.25) is 0 Å². The quantitative estimate of drug-likeness (QED) is 0.779. The van der Waals surface area contributed by atoms with Crippen LogP contribution < -0.4 is 5.32 Å². The van der Waals surface area contributed by atoms with Crippen molar-refractivity contribution >= 4 is 0 Å². The highest BCUT2D eigenvalue weighted by Crippen LogP contribution is 2.32. The predicted octanol–water partition coefficient (Wildman–Crippen LogP) is 5.24. The van der Waals surface area contributed by atoms with E-state index in [4.69, 9.17) is 0 Å². The zero-order valence-corrected chi connectivity index (χ0v) is 16.6. The molecule has 0 aliphatic carbocycles. The van der Waals surface area contributed by atoms with Crippen LogP contribution in [0.1, 0.15) is 72.5 Å². The fraction of sp³-hybridized carbons (Fsp3) is 0.600. The van der Waals surface area contributed by atoms with Crippen LogP contribution in [0.25, 0.3) is 0 Å². The lowest BCUT2D eigenvalue weighted by Crippen LogP contribution is -2.16. The van der Waals surface area contributed by atoms with Crippen LogP contribution in [0.5, 0.6) is 0 Å². The van der Waals surface area contributed by atoms with Crippen LogP contribution in [-0.2, 0) is 0 Å². The third-order valence-electron chi connectivity index (χ3n) is 3.98. The molecule has 134 valence electrons. The normalized spacial score (nSPS) is 16.0. The SMILES string of the molecule is C=C1C=CC(CC(C)(C)C)=CN1.Cc1nc(C(C)C(C)(C)C)n[nH]1. The molecule has 0 fully saturated rings. The molecule has 0 aromatic carbocycles. The van der Waals surface area contributed by atoms with Gasteiger partial charge in [-0.3, -0.25) is 5.10 Å². The van der Waals surface area contributed by atoms with E-state index < -0.39 is 0 Å². The number of aromatic nitrogens is 3. The first-order valence-corrected chi connectivity index (χ1v) is 8.60. The Morgan fingerprint density at radius 1 is 1.12 bits per heavy atom. The fourth-order valence-electron chi connectivity index (χ4n) is 2.15. The highest BCUT2D eigenvalue weighted by atomic mass is 15.2. The first-order valence-electron chi connectivity index (χ1n) is 8.60. The number of nitrogens with one attached hydrogen (secondary N) is 2. The second kappa shape index (κ2) is 7.82. The second-order valence-corrected chi connectivity index (χ2v) is 8.83. The highest BCUT2D eigenvalue weighted by Gasteiger charge is 2.24. The summed E-state index contributed by atoms with van der Waals surface area (Å²) >= 11 is 0. The van der Waals surface area contributed by atoms with Crippen molar-refractivity contribution < 1.29 is 0 Å². The summed E-state index contributed by atoms with van der Waals surface area (Å²) < 4.78 is 0. The molecular weight excluding hydrogens is 296 g/mol. The lowest BCUT2D eigenvalue weighted by Gasteiger charge is -2.24. The average Bonchev–Trinajstić information content (AvgIpc) is 2.85. The number of allylic oxidation sites excluding steroid dienone is 3. The summed E-state index contributed by atoms with van der Waals surface area (Å²) in [6, 6.07) is 0. The fourth-order valence-corrected chi connectivity index (χ4v) is 2.15. The predicted molar refractivity (Wildman–Crippen MR) is 103 cm³/mol. The van der Waals surface area contributed by atoms with Gasteiger partial charge in [-0.25, -0.2) is 4.98 Å². The van der Waals surface area contributed by atoms with Crippen LogP contribution in [0.4, 0.5) is 0 Å². The van der Waals surface area contributed by atoms with Crippen molar-refractivity contribution in [1.82, 2.24) is 20.5 Å². The zero-order valence-electron chi connectivity index (χ0n) is 16.6. The lowest BCUT2D eigenvalue weighted by atomic mass is 9.82. The van der Waals surface area contributed by atoms with Crippen LogP contribution >= 0.6 is 0 Å². The van der Waals surface area contributed by atoms with E-state index in [9.17, 15) is 0 Å². The van der Waals surface area contributed by atoms with E-state index in [2.05, 4.69) is 81.6 Å². The zero-order chi connectivity index (χ0) is 18.5. The molecule has 1 aromatic rings. The van der Waals surface area contributed by atoms with Crippen LogP contribution in [0, 0.1) is 17.8 Å². The molecule has 24 heavy (non-hydrogen) atoms. The lowest BCUT2D eigenvalue weighted by molar-refractivity contribution is 0.328. The van der Waals surface area contributed by atoms with Crippen molar-refractivity contribution in [3.63, 3.8) is 0 Å². The van der Waals surface area contributed by atoms with Crippen LogP contribution in [0.15, 0.2) is 36.2 Å². The Bertz CT molecular complexity index is 606. The number of hydrogen-bond acceptors (Lipinski definition) is 3. The molecule has 0 saturated heterocycles. The number of hydrogen-bond donors (Lipinski definition) is 2. The van der Waals surface area contributed by atoms with Crippen molar-refractivity contribution in [3.05, 3.63) is 47.8 Å². The number of aryl methyl sites for hydroxylation is 1. The van der Waals surface area contributed by atoms with Gasteiger partial charge in [-0.15, -0.1) is 0 Å². The van der Waals surface area contributed by atoms with E-state index in [0.29, 0.717) is 11.3 Å². The molecule has 1 atom stereocenters. The summed E-state index contributed by atoms with van der Waals surface area (Å²) in [5.74, 6) is 2.20. The minimum atomic E-state index is 0.231. The summed E-state index contributed by atoms with van der Waals surface area (Å²) in [5, 5.41) is 10.1. The Hall–Kier alpha value is -1.84. The van der Waals surface area contributed by atoms with Crippen LogP contribution in [0.2, 0.25) is 0 Å². The molecule has 0 radical (unpaired) electrons. The smallest absolute Gasteiger partial charge is 0.154 e. The van der Waals surface area contributed by atoms with Crippen molar-refractivity contribution in [2.24, 2.45) is 10.8 Å². The Balaban J connectivity index is 0.000000240. The van der Waals surface area contributed by atoms with Gasteiger partial charge in [0.25, 0.3) is 0 Å². The van der Waals surface area contributed by atoms with E-state index in [1.807, 2.05) is 19.2 Å². The molecule has 4 heteroatoms. The number of dihydropyridines is 1. The average molecular weight is 331 g/mol. The van der Waals surface area contributed by atoms with Gasteiger partial charge < -0.3 is 5.32 Å². The van der Waals surface area contributed by atoms with Crippen LogP contribution in [0.3, 0.4) is 0 Å². The van der Waals surface area contributed by atoms with E-state index in [1.54, 1.807) is 0 Å². The monoisotopic (exact) mass is 330 g/mol. The minimum Gasteiger partial charge on any atom is -0.362 e. The van der Waals surface area contributed by atoms with Crippen molar-refractivity contribution in [1.29, 1.82) is 0 Å². The van der Waals surface area contributed by atoms with E-state index >= 15 is 0 Å². The maximum atomic E-state index is 4.31. The van der Waals surface area contributed by atoms with Gasteiger partial charge in [0.05, 0.1) is 0 Å². The number of aromatic amines is 1. The maximum Gasteiger partial charge on any atom is 0.154 e. The first kappa shape index (κ1) is 20.2. The van der Waals surface area contributed by atoms with Gasteiger partial charge in [-0.1, -0.05) is 61.1 Å². The summed E-state index contributed by atoms with van der Waals surface area (Å²) in [6.07, 6.45) is 7.28. The van der Waals surface area contributed by atoms with Crippen molar-refractivity contribution in [3.8, 4) is 0 Å². The molecular formula is C20H34N4. The van der Waals surface area contributed by atoms with Crippen LogP contribution in [-0.4, -0.2) is 15.2 Å². The van der Waals surface area contributed by atoms with Gasteiger partial charge in [0.15, 0.2) is 5.82 Å². The summed E-state index contributed by atoms with van der Waals surface area (Å²) in [6.45, 7) is 21.2. The molecule has 2 heterocycles. The van der Waals surface area contributed by atoms with Crippen molar-refractivity contribution in [2.75, 3.05) is 0 Å². The summed E-state index contributed by atoms with van der Waals surface area (Å²) in [5.41, 5.74) is 2.90. The highest BCUT2D eigenvalue weighted by molar-refractivity contribution is 5.32. The third-order valence-corrected chi connectivity index (χ3v) is 3.98. The van der Waals surface area contributed by atoms with Gasteiger partial charge >= 0.3 is 0 Å². The second-order valence-electron chi connectivity index (χ2n) is 8.83. The Labute approximate surface area is 147 Å². The minimum absolute atomic E-state index is 0.231. The molecule has 1 unspecified atom stereocenters. The number of nitrogens with zero attached hydrogens (tertiary/aromatic N) is 2. The van der Waals surface area contributed by atoms with Crippen molar-refractivity contribution in [2.45, 2.75) is 67.7 Å². The molecule has 1 aromatic heterocycles. The summed E-state index contributed by atoms with van der Waals surface area (Å²) in [4.78, 5) is 4.31. The van der Waals surface area contributed by atoms with Gasteiger partial charge in [-0.2, -0.15) is 5.10 Å². The molecule has 1 aliphatic rings. The number of H-pyrrole nitrogens is 1. The van der Waals surface area contributed by atoms with Gasteiger partial charge in [0.1, 0.15) is 5.82 Å². The Morgan fingerprint density at radius 3 is 2.12 bits per heavy atom. The van der Waals surface area contributed by atoms with E-state index in [-0.39, 0.29) is 5.41 Å². The molecule has 2 rings (SSSR count).